The standard InChI is InChI=1S/C31H41N9O2/c1-31(2,3)25-17-26(37-42-25)36-30(41)35-21-7-5-20(6-8-21)24-18-40(29-27(24)28(32)33-19-34-29)23-11-9-22(10-12-23)39-15-13-38(4)14-16-39/h5-8,17-19,22-23H,9-16H2,1-4H3,(H2,32,33,34)(H2,35,36,37,41)/t22-,23-. The Hall–Kier alpha value is -3.96. The minimum absolute atomic E-state index is 0.194. The minimum atomic E-state index is -0.391. The summed E-state index contributed by atoms with van der Waals surface area (Å²) in [5.74, 6) is 1.55. The van der Waals surface area contributed by atoms with Crippen LogP contribution in [0.25, 0.3) is 22.2 Å². The van der Waals surface area contributed by atoms with Crippen LogP contribution in [-0.2, 0) is 5.41 Å². The van der Waals surface area contributed by atoms with Gasteiger partial charge < -0.3 is 25.0 Å². The Bertz CT molecular complexity index is 1540. The molecule has 0 atom stereocenters. The van der Waals surface area contributed by atoms with Crippen molar-refractivity contribution >= 4 is 34.4 Å². The molecule has 1 saturated carbocycles. The third-order valence-corrected chi connectivity index (χ3v) is 8.70. The number of nitrogens with two attached hydrogens (primary N) is 1. The number of benzene rings is 1. The molecule has 2 amide bonds. The number of aromatic nitrogens is 4. The number of hydrogen-bond acceptors (Lipinski definition) is 8. The maximum absolute atomic E-state index is 12.6. The quantitative estimate of drug-likeness (QED) is 0.293. The molecule has 2 fully saturated rings. The van der Waals surface area contributed by atoms with E-state index in [9.17, 15) is 4.79 Å². The van der Waals surface area contributed by atoms with Gasteiger partial charge >= 0.3 is 6.03 Å². The highest BCUT2D eigenvalue weighted by atomic mass is 16.5. The van der Waals surface area contributed by atoms with Crippen LogP contribution in [0.3, 0.4) is 0 Å². The van der Waals surface area contributed by atoms with Gasteiger partial charge in [0.1, 0.15) is 23.6 Å². The van der Waals surface area contributed by atoms with Gasteiger partial charge in [0.15, 0.2) is 5.82 Å². The molecule has 1 aliphatic carbocycles. The van der Waals surface area contributed by atoms with Gasteiger partial charge in [-0.2, -0.15) is 0 Å². The summed E-state index contributed by atoms with van der Waals surface area (Å²) in [6.45, 7) is 10.7. The maximum atomic E-state index is 12.6. The number of likely N-dealkylation sites (N-methyl/N-ethyl adjacent to an activating group) is 1. The highest BCUT2D eigenvalue weighted by molar-refractivity contribution is 6.02. The number of hydrogen-bond donors (Lipinski definition) is 3. The number of amides is 2. The Morgan fingerprint density at radius 2 is 1.67 bits per heavy atom. The lowest BCUT2D eigenvalue weighted by Gasteiger charge is -2.41. The van der Waals surface area contributed by atoms with Crippen molar-refractivity contribution < 1.29 is 9.32 Å². The molecule has 3 aromatic heterocycles. The average Bonchev–Trinajstić information content (AvgIpc) is 3.60. The van der Waals surface area contributed by atoms with Gasteiger partial charge in [0.05, 0.1) is 5.39 Å². The molecule has 1 saturated heterocycles. The summed E-state index contributed by atoms with van der Waals surface area (Å²) in [7, 11) is 2.21. The van der Waals surface area contributed by atoms with Crippen molar-refractivity contribution in [1.29, 1.82) is 0 Å². The van der Waals surface area contributed by atoms with E-state index in [4.69, 9.17) is 10.3 Å². The number of nitrogen functional groups attached to an aromatic ring is 1. The van der Waals surface area contributed by atoms with Crippen LogP contribution in [0.4, 0.5) is 22.1 Å². The van der Waals surface area contributed by atoms with Gasteiger partial charge in [0.25, 0.3) is 0 Å². The van der Waals surface area contributed by atoms with E-state index in [2.05, 4.69) is 53.4 Å². The number of carbonyl (C=O) groups is 1. The molecule has 4 aromatic rings. The summed E-state index contributed by atoms with van der Waals surface area (Å²) in [6.07, 6.45) is 8.36. The summed E-state index contributed by atoms with van der Waals surface area (Å²) in [6, 6.07) is 10.1. The molecule has 6 rings (SSSR count). The van der Waals surface area contributed by atoms with Crippen LogP contribution in [0.2, 0.25) is 0 Å². The molecule has 0 radical (unpaired) electrons. The van der Waals surface area contributed by atoms with Gasteiger partial charge in [-0.1, -0.05) is 38.1 Å². The molecule has 11 heteroatoms. The molecule has 0 bridgehead atoms. The lowest BCUT2D eigenvalue weighted by Crippen LogP contribution is -2.49. The van der Waals surface area contributed by atoms with Crippen LogP contribution in [0.15, 0.2) is 47.4 Å². The van der Waals surface area contributed by atoms with E-state index in [0.29, 0.717) is 35.2 Å². The Kier molecular flexibility index (Phi) is 7.63. The number of fused-ring (bicyclic) bond motifs is 1. The van der Waals surface area contributed by atoms with Crippen LogP contribution in [-0.4, -0.2) is 74.8 Å². The van der Waals surface area contributed by atoms with Crippen molar-refractivity contribution in [2.24, 2.45) is 0 Å². The highest BCUT2D eigenvalue weighted by Crippen LogP contribution is 2.39. The molecule has 1 aliphatic heterocycles. The molecule has 0 unspecified atom stereocenters. The van der Waals surface area contributed by atoms with Gasteiger partial charge in [-0.3, -0.25) is 10.2 Å². The van der Waals surface area contributed by atoms with Crippen LogP contribution in [0.5, 0.6) is 0 Å². The second kappa shape index (κ2) is 11.4. The SMILES string of the molecule is CN1CCN([C@H]2CC[C@H](n3cc(-c4ccc(NC(=O)Nc5cc(C(C)(C)C)on5)cc4)c4c(N)ncnc43)CC2)CC1. The van der Waals surface area contributed by atoms with E-state index in [1.165, 1.54) is 12.8 Å². The van der Waals surface area contributed by atoms with Crippen LogP contribution in [0, 0.1) is 0 Å². The molecular weight excluding hydrogens is 530 g/mol. The fourth-order valence-corrected chi connectivity index (χ4v) is 6.19. The Balaban J connectivity index is 1.16. The number of piperazine rings is 1. The van der Waals surface area contributed by atoms with Gasteiger partial charge in [-0.25, -0.2) is 14.8 Å². The van der Waals surface area contributed by atoms with Crippen LogP contribution in [0.1, 0.15) is 58.3 Å². The predicted molar refractivity (Wildman–Crippen MR) is 166 cm³/mol. The number of anilines is 3. The third kappa shape index (κ3) is 5.84. The maximum Gasteiger partial charge on any atom is 0.324 e. The average molecular weight is 572 g/mol. The molecule has 2 aliphatic rings. The molecule has 42 heavy (non-hydrogen) atoms. The first-order valence-corrected chi connectivity index (χ1v) is 14.8. The molecule has 11 nitrogen and oxygen atoms in total. The summed E-state index contributed by atoms with van der Waals surface area (Å²) in [5.41, 5.74) is 9.74. The summed E-state index contributed by atoms with van der Waals surface area (Å²) in [4.78, 5) is 26.7. The normalized spacial score (nSPS) is 20.6. The Morgan fingerprint density at radius 3 is 2.33 bits per heavy atom. The van der Waals surface area contributed by atoms with Gasteiger partial charge in [-0.05, 0) is 50.4 Å². The lowest BCUT2D eigenvalue weighted by molar-refractivity contribution is 0.0828. The first kappa shape index (κ1) is 28.2. The smallest absolute Gasteiger partial charge is 0.324 e. The molecule has 1 aromatic carbocycles. The zero-order valence-corrected chi connectivity index (χ0v) is 24.9. The highest BCUT2D eigenvalue weighted by Gasteiger charge is 2.30. The van der Waals surface area contributed by atoms with E-state index in [1.807, 2.05) is 45.0 Å². The monoisotopic (exact) mass is 571 g/mol. The van der Waals surface area contributed by atoms with Crippen molar-refractivity contribution in [3.05, 3.63) is 48.6 Å². The van der Waals surface area contributed by atoms with Crippen molar-refractivity contribution in [3.63, 3.8) is 0 Å². The van der Waals surface area contributed by atoms with Crippen molar-refractivity contribution in [2.45, 2.75) is 64.0 Å². The lowest BCUT2D eigenvalue weighted by atomic mass is 9.89. The van der Waals surface area contributed by atoms with Crippen molar-refractivity contribution in [3.8, 4) is 11.1 Å². The molecule has 0 spiro atoms. The van der Waals surface area contributed by atoms with Crippen LogP contribution < -0.4 is 16.4 Å². The second-order valence-corrected chi connectivity index (χ2v) is 12.7. The fraction of sp³-hybridized carbons (Fsp3) is 0.484. The van der Waals surface area contributed by atoms with E-state index in [1.54, 1.807) is 12.4 Å². The van der Waals surface area contributed by atoms with Crippen molar-refractivity contribution in [1.82, 2.24) is 29.5 Å². The molecule has 4 N–H and O–H groups in total. The van der Waals surface area contributed by atoms with Gasteiger partial charge in [0, 0.05) is 67.2 Å². The number of nitrogens with zero attached hydrogens (tertiary/aromatic N) is 6. The number of rotatable bonds is 5. The summed E-state index contributed by atoms with van der Waals surface area (Å²) < 4.78 is 7.67. The van der Waals surface area contributed by atoms with E-state index in [0.717, 1.165) is 61.2 Å². The van der Waals surface area contributed by atoms with Gasteiger partial charge in [0.2, 0.25) is 0 Å². The number of nitrogens with one attached hydrogen (secondary N) is 2. The zero-order chi connectivity index (χ0) is 29.4. The van der Waals surface area contributed by atoms with E-state index in [-0.39, 0.29) is 5.41 Å². The third-order valence-electron chi connectivity index (χ3n) is 8.70. The first-order valence-electron chi connectivity index (χ1n) is 14.8. The van der Waals surface area contributed by atoms with Crippen molar-refractivity contribution in [2.75, 3.05) is 49.6 Å². The van der Waals surface area contributed by atoms with E-state index < -0.39 is 6.03 Å². The minimum Gasteiger partial charge on any atom is -0.383 e. The summed E-state index contributed by atoms with van der Waals surface area (Å²) >= 11 is 0. The Morgan fingerprint density at radius 1 is 0.976 bits per heavy atom. The fourth-order valence-electron chi connectivity index (χ4n) is 6.19. The first-order chi connectivity index (χ1) is 20.2. The topological polar surface area (TPSA) is 130 Å². The zero-order valence-electron chi connectivity index (χ0n) is 24.9. The number of urea groups is 1. The predicted octanol–water partition coefficient (Wildman–Crippen LogP) is 5.34. The van der Waals surface area contributed by atoms with Crippen LogP contribution >= 0.6 is 0 Å². The molecular formula is C31H41N9O2. The second-order valence-electron chi connectivity index (χ2n) is 12.7. The van der Waals surface area contributed by atoms with E-state index >= 15 is 0 Å². The van der Waals surface area contributed by atoms with Gasteiger partial charge in [-0.15, -0.1) is 0 Å². The summed E-state index contributed by atoms with van der Waals surface area (Å²) in [5, 5.41) is 10.4. The largest absolute Gasteiger partial charge is 0.383 e. The number of carbonyl (C=O) groups excluding carboxylic acids is 1. The molecule has 222 valence electrons. The Labute approximate surface area is 246 Å². The molecule has 4 heterocycles.